The standard InChI is InChI=1S/C14H20FN/c1-11(2)14-12(6-5-7-13(14)15)10-16-8-3-4-9-16/h5-7,11H,3-4,8-10H2,1-2H3. The third-order valence-electron chi connectivity index (χ3n) is 3.31. The van der Waals surface area contributed by atoms with Crippen molar-refractivity contribution in [1.82, 2.24) is 4.90 Å². The van der Waals surface area contributed by atoms with Gasteiger partial charge in [0.05, 0.1) is 0 Å². The molecule has 0 amide bonds. The number of benzene rings is 1. The van der Waals surface area contributed by atoms with Crippen molar-refractivity contribution in [2.45, 2.75) is 39.2 Å². The molecular formula is C14H20FN. The van der Waals surface area contributed by atoms with Gasteiger partial charge in [0, 0.05) is 6.54 Å². The molecule has 1 nitrogen and oxygen atoms in total. The molecule has 0 radical (unpaired) electrons. The topological polar surface area (TPSA) is 3.24 Å². The van der Waals surface area contributed by atoms with Crippen LogP contribution in [0.1, 0.15) is 43.7 Å². The third kappa shape index (κ3) is 2.43. The summed E-state index contributed by atoms with van der Waals surface area (Å²) in [4.78, 5) is 2.42. The zero-order valence-corrected chi connectivity index (χ0v) is 10.2. The van der Waals surface area contributed by atoms with E-state index in [0.717, 1.165) is 30.8 Å². The lowest BCUT2D eigenvalue weighted by Gasteiger charge is -2.19. The number of halogens is 1. The van der Waals surface area contributed by atoms with Gasteiger partial charge in [-0.25, -0.2) is 4.39 Å². The molecule has 1 aromatic carbocycles. The van der Waals surface area contributed by atoms with E-state index >= 15 is 0 Å². The molecule has 0 aromatic heterocycles. The van der Waals surface area contributed by atoms with Crippen molar-refractivity contribution in [2.75, 3.05) is 13.1 Å². The van der Waals surface area contributed by atoms with Gasteiger partial charge in [0.1, 0.15) is 5.82 Å². The zero-order chi connectivity index (χ0) is 11.5. The van der Waals surface area contributed by atoms with E-state index in [2.05, 4.69) is 24.8 Å². The van der Waals surface area contributed by atoms with Crippen LogP contribution >= 0.6 is 0 Å². The lowest BCUT2D eigenvalue weighted by Crippen LogP contribution is -2.19. The second-order valence-electron chi connectivity index (χ2n) is 4.95. The highest BCUT2D eigenvalue weighted by Crippen LogP contribution is 2.25. The molecule has 0 aliphatic carbocycles. The summed E-state index contributed by atoms with van der Waals surface area (Å²) < 4.78 is 13.8. The lowest BCUT2D eigenvalue weighted by molar-refractivity contribution is 0.329. The first-order chi connectivity index (χ1) is 7.68. The predicted molar refractivity (Wildman–Crippen MR) is 65.0 cm³/mol. The maximum absolute atomic E-state index is 13.8. The van der Waals surface area contributed by atoms with Gasteiger partial charge in [0.2, 0.25) is 0 Å². The summed E-state index contributed by atoms with van der Waals surface area (Å²) in [5.74, 6) is 0.213. The minimum Gasteiger partial charge on any atom is -0.299 e. The summed E-state index contributed by atoms with van der Waals surface area (Å²) in [6.45, 7) is 7.35. The monoisotopic (exact) mass is 221 g/mol. The van der Waals surface area contributed by atoms with Crippen LogP contribution in [0.4, 0.5) is 4.39 Å². The van der Waals surface area contributed by atoms with Crippen LogP contribution in [0.3, 0.4) is 0 Å². The predicted octanol–water partition coefficient (Wildman–Crippen LogP) is 3.54. The maximum Gasteiger partial charge on any atom is 0.126 e. The number of hydrogen-bond acceptors (Lipinski definition) is 1. The average Bonchev–Trinajstić information content (AvgIpc) is 2.70. The Bertz CT molecular complexity index is 354. The summed E-state index contributed by atoms with van der Waals surface area (Å²) in [6, 6.07) is 5.46. The first kappa shape index (κ1) is 11.6. The Morgan fingerprint density at radius 3 is 2.56 bits per heavy atom. The first-order valence-corrected chi connectivity index (χ1v) is 6.18. The highest BCUT2D eigenvalue weighted by atomic mass is 19.1. The Morgan fingerprint density at radius 1 is 1.25 bits per heavy atom. The molecule has 2 rings (SSSR count). The van der Waals surface area contributed by atoms with Crippen LogP contribution in [0.25, 0.3) is 0 Å². The van der Waals surface area contributed by atoms with Crippen molar-refractivity contribution in [3.63, 3.8) is 0 Å². The molecule has 1 fully saturated rings. The fourth-order valence-corrected chi connectivity index (χ4v) is 2.55. The Balaban J connectivity index is 2.21. The van der Waals surface area contributed by atoms with Crippen LogP contribution in [0.2, 0.25) is 0 Å². The van der Waals surface area contributed by atoms with E-state index in [1.54, 1.807) is 6.07 Å². The average molecular weight is 221 g/mol. The zero-order valence-electron chi connectivity index (χ0n) is 10.2. The van der Waals surface area contributed by atoms with Crippen molar-refractivity contribution < 1.29 is 4.39 Å². The van der Waals surface area contributed by atoms with Crippen molar-refractivity contribution in [3.8, 4) is 0 Å². The molecule has 0 bridgehead atoms. The number of nitrogens with zero attached hydrogens (tertiary/aromatic N) is 1. The second-order valence-corrected chi connectivity index (χ2v) is 4.95. The minimum atomic E-state index is -0.0494. The van der Waals surface area contributed by atoms with Crippen LogP contribution in [-0.2, 0) is 6.54 Å². The molecule has 1 heterocycles. The largest absolute Gasteiger partial charge is 0.299 e. The highest BCUT2D eigenvalue weighted by Gasteiger charge is 2.16. The number of hydrogen-bond donors (Lipinski definition) is 0. The Labute approximate surface area is 97.3 Å². The summed E-state index contributed by atoms with van der Waals surface area (Å²) in [5, 5.41) is 0. The van der Waals surface area contributed by atoms with E-state index in [9.17, 15) is 4.39 Å². The smallest absolute Gasteiger partial charge is 0.126 e. The maximum atomic E-state index is 13.8. The summed E-state index contributed by atoms with van der Waals surface area (Å²) in [7, 11) is 0. The van der Waals surface area contributed by atoms with E-state index in [1.165, 1.54) is 12.8 Å². The Hall–Kier alpha value is -0.890. The van der Waals surface area contributed by atoms with Gasteiger partial charge in [0.25, 0.3) is 0 Å². The van der Waals surface area contributed by atoms with Crippen LogP contribution in [0.5, 0.6) is 0 Å². The number of rotatable bonds is 3. The fraction of sp³-hybridized carbons (Fsp3) is 0.571. The van der Waals surface area contributed by atoms with E-state index < -0.39 is 0 Å². The Morgan fingerprint density at radius 2 is 1.94 bits per heavy atom. The fourth-order valence-electron chi connectivity index (χ4n) is 2.55. The van der Waals surface area contributed by atoms with E-state index in [-0.39, 0.29) is 11.7 Å². The van der Waals surface area contributed by atoms with Gasteiger partial charge in [-0.3, -0.25) is 4.90 Å². The Kier molecular flexibility index (Phi) is 3.59. The molecule has 1 aliphatic rings. The van der Waals surface area contributed by atoms with Crippen LogP contribution in [0, 0.1) is 5.82 Å². The molecule has 0 N–H and O–H groups in total. The molecule has 1 saturated heterocycles. The molecule has 0 saturated carbocycles. The van der Waals surface area contributed by atoms with Crippen LogP contribution < -0.4 is 0 Å². The molecule has 88 valence electrons. The van der Waals surface area contributed by atoms with Gasteiger partial charge in [-0.15, -0.1) is 0 Å². The lowest BCUT2D eigenvalue weighted by atomic mass is 9.96. The van der Waals surface area contributed by atoms with E-state index in [0.29, 0.717) is 0 Å². The van der Waals surface area contributed by atoms with E-state index in [4.69, 9.17) is 0 Å². The van der Waals surface area contributed by atoms with Crippen LogP contribution in [-0.4, -0.2) is 18.0 Å². The third-order valence-corrected chi connectivity index (χ3v) is 3.31. The van der Waals surface area contributed by atoms with Gasteiger partial charge in [-0.1, -0.05) is 26.0 Å². The molecule has 16 heavy (non-hydrogen) atoms. The number of likely N-dealkylation sites (tertiary alicyclic amines) is 1. The quantitative estimate of drug-likeness (QED) is 0.754. The van der Waals surface area contributed by atoms with Gasteiger partial charge in [0.15, 0.2) is 0 Å². The van der Waals surface area contributed by atoms with Crippen molar-refractivity contribution in [2.24, 2.45) is 0 Å². The minimum absolute atomic E-state index is 0.0494. The van der Waals surface area contributed by atoms with Gasteiger partial charge in [-0.05, 0) is 49.0 Å². The first-order valence-electron chi connectivity index (χ1n) is 6.18. The molecule has 0 unspecified atom stereocenters. The van der Waals surface area contributed by atoms with Crippen molar-refractivity contribution in [1.29, 1.82) is 0 Å². The molecular weight excluding hydrogens is 201 g/mol. The van der Waals surface area contributed by atoms with E-state index in [1.807, 2.05) is 6.07 Å². The molecule has 1 aromatic rings. The normalized spacial score (nSPS) is 17.2. The summed E-state index contributed by atoms with van der Waals surface area (Å²) in [5.41, 5.74) is 2.06. The highest BCUT2D eigenvalue weighted by molar-refractivity contribution is 5.31. The SMILES string of the molecule is CC(C)c1c(F)cccc1CN1CCCC1. The molecule has 1 aliphatic heterocycles. The van der Waals surface area contributed by atoms with Crippen molar-refractivity contribution >= 4 is 0 Å². The van der Waals surface area contributed by atoms with Gasteiger partial charge >= 0.3 is 0 Å². The van der Waals surface area contributed by atoms with Gasteiger partial charge in [-0.2, -0.15) is 0 Å². The molecule has 0 spiro atoms. The summed E-state index contributed by atoms with van der Waals surface area (Å²) in [6.07, 6.45) is 2.57. The van der Waals surface area contributed by atoms with Gasteiger partial charge < -0.3 is 0 Å². The molecule has 0 atom stereocenters. The summed E-state index contributed by atoms with van der Waals surface area (Å²) >= 11 is 0. The molecule has 2 heteroatoms. The van der Waals surface area contributed by atoms with Crippen LogP contribution in [0.15, 0.2) is 18.2 Å². The second kappa shape index (κ2) is 4.96. The van der Waals surface area contributed by atoms with Crippen molar-refractivity contribution in [3.05, 3.63) is 35.1 Å².